The molecular formula is C11H16N4S. The van der Waals surface area contributed by atoms with Gasteiger partial charge in [-0.25, -0.2) is 4.98 Å². The van der Waals surface area contributed by atoms with Gasteiger partial charge < -0.3 is 5.73 Å². The minimum atomic E-state index is 0.0498. The lowest BCUT2D eigenvalue weighted by Crippen LogP contribution is -2.01. The molecule has 0 aliphatic carbocycles. The number of nitrogens with zero attached hydrogens (tertiary/aromatic N) is 3. The molecule has 1 unspecified atom stereocenters. The molecule has 86 valence electrons. The van der Waals surface area contributed by atoms with E-state index in [-0.39, 0.29) is 6.04 Å². The Hall–Kier alpha value is -1.20. The molecule has 2 N–H and O–H groups in total. The second-order valence-corrected chi connectivity index (χ2v) is 4.86. The van der Waals surface area contributed by atoms with Crippen LogP contribution < -0.4 is 5.73 Å². The van der Waals surface area contributed by atoms with Crippen LogP contribution in [0.1, 0.15) is 31.2 Å². The molecule has 5 heteroatoms. The Morgan fingerprint density at radius 2 is 2.38 bits per heavy atom. The third kappa shape index (κ3) is 2.15. The normalized spacial score (nSPS) is 12.9. The molecule has 16 heavy (non-hydrogen) atoms. The highest BCUT2D eigenvalue weighted by molar-refractivity contribution is 7.15. The van der Waals surface area contributed by atoms with Crippen molar-refractivity contribution in [3.63, 3.8) is 0 Å². The molecule has 0 aromatic carbocycles. The second kappa shape index (κ2) is 4.76. The van der Waals surface area contributed by atoms with E-state index in [4.69, 9.17) is 5.73 Å². The van der Waals surface area contributed by atoms with E-state index >= 15 is 0 Å². The molecule has 1 atom stereocenters. The van der Waals surface area contributed by atoms with E-state index in [0.29, 0.717) is 0 Å². The highest BCUT2D eigenvalue weighted by Gasteiger charge is 2.11. The van der Waals surface area contributed by atoms with Crippen molar-refractivity contribution in [2.45, 2.75) is 32.9 Å². The van der Waals surface area contributed by atoms with Gasteiger partial charge in [0.05, 0.1) is 5.69 Å². The molecule has 0 aliphatic rings. The van der Waals surface area contributed by atoms with Crippen LogP contribution in [0, 0.1) is 0 Å². The first-order chi connectivity index (χ1) is 7.72. The van der Waals surface area contributed by atoms with Gasteiger partial charge in [-0.05, 0) is 19.4 Å². The number of aryl methyl sites for hydroxylation is 1. The molecule has 0 spiro atoms. The van der Waals surface area contributed by atoms with Crippen molar-refractivity contribution in [1.29, 1.82) is 0 Å². The van der Waals surface area contributed by atoms with Crippen LogP contribution in [0.15, 0.2) is 18.5 Å². The molecule has 0 saturated carbocycles. The summed E-state index contributed by atoms with van der Waals surface area (Å²) >= 11 is 1.64. The van der Waals surface area contributed by atoms with Crippen molar-refractivity contribution in [3.05, 3.63) is 23.3 Å². The van der Waals surface area contributed by atoms with Gasteiger partial charge in [-0.2, -0.15) is 5.10 Å². The molecule has 0 saturated heterocycles. The van der Waals surface area contributed by atoms with Gasteiger partial charge in [0.15, 0.2) is 0 Å². The maximum absolute atomic E-state index is 5.83. The van der Waals surface area contributed by atoms with Crippen molar-refractivity contribution in [1.82, 2.24) is 14.8 Å². The van der Waals surface area contributed by atoms with Crippen molar-refractivity contribution >= 4 is 11.3 Å². The lowest BCUT2D eigenvalue weighted by Gasteiger charge is -2.02. The predicted molar refractivity (Wildman–Crippen MR) is 66.2 cm³/mol. The van der Waals surface area contributed by atoms with Gasteiger partial charge in [-0.15, -0.1) is 11.3 Å². The van der Waals surface area contributed by atoms with Crippen molar-refractivity contribution < 1.29 is 0 Å². The number of hydrogen-bond donors (Lipinski definition) is 1. The van der Waals surface area contributed by atoms with Crippen molar-refractivity contribution in [3.8, 4) is 10.7 Å². The fourth-order valence-electron chi connectivity index (χ4n) is 1.52. The minimum absolute atomic E-state index is 0.0498. The Morgan fingerprint density at radius 1 is 1.56 bits per heavy atom. The van der Waals surface area contributed by atoms with E-state index in [9.17, 15) is 0 Å². The molecule has 2 aromatic rings. The third-order valence-electron chi connectivity index (χ3n) is 2.34. The monoisotopic (exact) mass is 236 g/mol. The van der Waals surface area contributed by atoms with E-state index in [1.807, 2.05) is 30.1 Å². The Morgan fingerprint density at radius 3 is 3.00 bits per heavy atom. The molecule has 0 aliphatic heterocycles. The standard InChI is InChI=1S/C11H16N4S/c1-3-6-15-9(4-5-14-15)11-13-7-10(16-11)8(2)12/h4-5,7-8H,3,6,12H2,1-2H3. The number of hydrogen-bond acceptors (Lipinski definition) is 4. The summed E-state index contributed by atoms with van der Waals surface area (Å²) in [5, 5.41) is 5.29. The summed E-state index contributed by atoms with van der Waals surface area (Å²) in [6, 6.07) is 2.05. The first-order valence-corrected chi connectivity index (χ1v) is 6.27. The molecule has 2 aromatic heterocycles. The quantitative estimate of drug-likeness (QED) is 0.887. The maximum Gasteiger partial charge on any atom is 0.141 e. The van der Waals surface area contributed by atoms with Crippen LogP contribution in [-0.2, 0) is 6.54 Å². The lowest BCUT2D eigenvalue weighted by atomic mass is 10.3. The first-order valence-electron chi connectivity index (χ1n) is 5.46. The highest BCUT2D eigenvalue weighted by atomic mass is 32.1. The zero-order valence-corrected chi connectivity index (χ0v) is 10.4. The number of thiazole rings is 1. The molecule has 0 radical (unpaired) electrons. The summed E-state index contributed by atoms with van der Waals surface area (Å²) in [6.45, 7) is 5.04. The SMILES string of the molecule is CCCn1nccc1-c1ncc(C(C)N)s1. The molecule has 4 nitrogen and oxygen atoms in total. The van der Waals surface area contributed by atoms with Crippen LogP contribution in [0.25, 0.3) is 10.7 Å². The Bertz CT molecular complexity index is 458. The predicted octanol–water partition coefficient (Wildman–Crippen LogP) is 2.44. The van der Waals surface area contributed by atoms with E-state index in [1.165, 1.54) is 0 Å². The van der Waals surface area contributed by atoms with Crippen LogP contribution >= 0.6 is 11.3 Å². The van der Waals surface area contributed by atoms with Crippen LogP contribution in [0.5, 0.6) is 0 Å². The molecule has 2 rings (SSSR count). The van der Waals surface area contributed by atoms with Gasteiger partial charge in [-0.3, -0.25) is 4.68 Å². The highest BCUT2D eigenvalue weighted by Crippen LogP contribution is 2.27. The molecule has 0 fully saturated rings. The van der Waals surface area contributed by atoms with E-state index < -0.39 is 0 Å². The molecule has 0 amide bonds. The smallest absolute Gasteiger partial charge is 0.141 e. The lowest BCUT2D eigenvalue weighted by molar-refractivity contribution is 0.609. The maximum atomic E-state index is 5.83. The zero-order chi connectivity index (χ0) is 11.5. The average molecular weight is 236 g/mol. The number of aromatic nitrogens is 3. The summed E-state index contributed by atoms with van der Waals surface area (Å²) in [4.78, 5) is 5.51. The molecule has 2 heterocycles. The fourth-order valence-corrected chi connectivity index (χ4v) is 2.42. The summed E-state index contributed by atoms with van der Waals surface area (Å²) in [7, 11) is 0. The van der Waals surface area contributed by atoms with Gasteiger partial charge >= 0.3 is 0 Å². The summed E-state index contributed by atoms with van der Waals surface area (Å²) in [5.41, 5.74) is 6.91. The van der Waals surface area contributed by atoms with E-state index in [2.05, 4.69) is 17.0 Å². The minimum Gasteiger partial charge on any atom is -0.323 e. The van der Waals surface area contributed by atoms with Gasteiger partial charge in [0.1, 0.15) is 5.01 Å². The van der Waals surface area contributed by atoms with Crippen molar-refractivity contribution in [2.75, 3.05) is 0 Å². The van der Waals surface area contributed by atoms with Gasteiger partial charge in [0.2, 0.25) is 0 Å². The third-order valence-corrected chi connectivity index (χ3v) is 3.56. The fraction of sp³-hybridized carbons (Fsp3) is 0.455. The van der Waals surface area contributed by atoms with Gasteiger partial charge in [-0.1, -0.05) is 6.92 Å². The van der Waals surface area contributed by atoms with Crippen molar-refractivity contribution in [2.24, 2.45) is 5.73 Å². The Kier molecular flexibility index (Phi) is 3.36. The number of rotatable bonds is 4. The Labute approximate surface area is 99.1 Å². The first kappa shape index (κ1) is 11.3. The van der Waals surface area contributed by atoms with Crippen LogP contribution in [0.4, 0.5) is 0 Å². The summed E-state index contributed by atoms with van der Waals surface area (Å²) < 4.78 is 1.99. The van der Waals surface area contributed by atoms with Gasteiger partial charge in [0, 0.05) is 29.9 Å². The van der Waals surface area contributed by atoms with E-state index in [0.717, 1.165) is 28.5 Å². The number of nitrogens with two attached hydrogens (primary N) is 1. The molecule has 0 bridgehead atoms. The largest absolute Gasteiger partial charge is 0.323 e. The zero-order valence-electron chi connectivity index (χ0n) is 9.55. The van der Waals surface area contributed by atoms with Gasteiger partial charge in [0.25, 0.3) is 0 Å². The average Bonchev–Trinajstić information content (AvgIpc) is 2.84. The van der Waals surface area contributed by atoms with Crippen LogP contribution in [0.2, 0.25) is 0 Å². The summed E-state index contributed by atoms with van der Waals surface area (Å²) in [6.07, 6.45) is 4.74. The van der Waals surface area contributed by atoms with E-state index in [1.54, 1.807) is 11.3 Å². The second-order valence-electron chi connectivity index (χ2n) is 3.80. The summed E-state index contributed by atoms with van der Waals surface area (Å²) in [5.74, 6) is 0. The van der Waals surface area contributed by atoms with Crippen LogP contribution in [0.3, 0.4) is 0 Å². The molecular weight excluding hydrogens is 220 g/mol. The topological polar surface area (TPSA) is 56.7 Å². The Balaban J connectivity index is 2.31. The van der Waals surface area contributed by atoms with Crippen LogP contribution in [-0.4, -0.2) is 14.8 Å².